The predicted octanol–water partition coefficient (Wildman–Crippen LogP) is 1.22. The van der Waals surface area contributed by atoms with Gasteiger partial charge in [0.05, 0.1) is 17.7 Å². The van der Waals surface area contributed by atoms with Crippen LogP contribution in [0.1, 0.15) is 5.76 Å². The number of nitrogens with one attached hydrogen (secondary N) is 2. The van der Waals surface area contributed by atoms with E-state index in [0.717, 1.165) is 23.4 Å². The van der Waals surface area contributed by atoms with Gasteiger partial charge in [0.1, 0.15) is 11.5 Å². The number of thiocarbonyl (C=S) groups is 1. The van der Waals surface area contributed by atoms with Gasteiger partial charge in [-0.05, 0) is 28.1 Å². The number of carbonyl (C=O) groups excluding carboxylic acids is 1. The number of hydrogen-bond acceptors (Lipinski definition) is 5. The highest BCUT2D eigenvalue weighted by molar-refractivity contribution is 9.10. The first-order valence-corrected chi connectivity index (χ1v) is 7.29. The Morgan fingerprint density at radius 2 is 2.10 bits per heavy atom. The summed E-state index contributed by atoms with van der Waals surface area (Å²) in [6, 6.07) is 1.83. The second-order valence-electron chi connectivity index (χ2n) is 4.37. The third-order valence-electron chi connectivity index (χ3n) is 2.99. The van der Waals surface area contributed by atoms with Crippen molar-refractivity contribution in [3.05, 3.63) is 22.0 Å². The molecule has 2 aliphatic rings. The third kappa shape index (κ3) is 2.72. The Labute approximate surface area is 129 Å². The Morgan fingerprint density at radius 1 is 1.35 bits per heavy atom. The van der Waals surface area contributed by atoms with E-state index >= 15 is 0 Å². The average Bonchev–Trinajstić information content (AvgIpc) is 2.94. The number of rotatable bonds is 2. The van der Waals surface area contributed by atoms with Crippen LogP contribution in [0.5, 0.6) is 0 Å². The third-order valence-corrected chi connectivity index (χ3v) is 3.76. The molecule has 0 unspecified atom stereocenters. The van der Waals surface area contributed by atoms with Crippen LogP contribution < -0.4 is 15.5 Å². The molecule has 1 aromatic rings. The normalized spacial score (nSPS) is 21.2. The van der Waals surface area contributed by atoms with Crippen molar-refractivity contribution < 1.29 is 13.9 Å². The molecule has 0 aromatic carbocycles. The lowest BCUT2D eigenvalue weighted by molar-refractivity contribution is -0.115. The van der Waals surface area contributed by atoms with Gasteiger partial charge in [-0.3, -0.25) is 10.1 Å². The Morgan fingerprint density at radius 3 is 2.75 bits per heavy atom. The summed E-state index contributed by atoms with van der Waals surface area (Å²) in [5.74, 6) is 1.08. The zero-order valence-electron chi connectivity index (χ0n) is 10.4. The minimum absolute atomic E-state index is 0.254. The molecule has 6 nitrogen and oxygen atoms in total. The first-order chi connectivity index (χ1) is 9.63. The lowest BCUT2D eigenvalue weighted by atomic mass is 10.3. The van der Waals surface area contributed by atoms with Crippen LogP contribution in [0.4, 0.5) is 5.88 Å². The molecule has 3 rings (SSSR count). The van der Waals surface area contributed by atoms with Crippen molar-refractivity contribution in [3.8, 4) is 0 Å². The molecule has 1 aromatic heterocycles. The Kier molecular flexibility index (Phi) is 3.77. The monoisotopic (exact) mass is 357 g/mol. The van der Waals surface area contributed by atoms with E-state index < -0.39 is 0 Å². The van der Waals surface area contributed by atoms with Crippen molar-refractivity contribution in [3.63, 3.8) is 0 Å². The number of morpholine rings is 1. The van der Waals surface area contributed by atoms with E-state index in [4.69, 9.17) is 21.4 Å². The van der Waals surface area contributed by atoms with Crippen molar-refractivity contribution in [1.29, 1.82) is 0 Å². The van der Waals surface area contributed by atoms with Crippen LogP contribution in [0.25, 0.3) is 6.08 Å². The highest BCUT2D eigenvalue weighted by Gasteiger charge is 2.22. The van der Waals surface area contributed by atoms with Crippen LogP contribution >= 0.6 is 28.1 Å². The van der Waals surface area contributed by atoms with Gasteiger partial charge in [0.25, 0.3) is 5.91 Å². The summed E-state index contributed by atoms with van der Waals surface area (Å²) in [4.78, 5) is 13.7. The maximum atomic E-state index is 11.6. The number of anilines is 1. The molecule has 0 atom stereocenters. The Balaban J connectivity index is 1.83. The standard InChI is InChI=1S/C12H12BrN3O3S/c13-8-5-7(6-9-10(17)15-12(20)14-9)19-11(8)16-1-3-18-4-2-16/h5-6H,1-4H2,(H2,14,15,17,20)/b9-6+. The highest BCUT2D eigenvalue weighted by atomic mass is 79.9. The molecule has 0 bridgehead atoms. The number of furan rings is 1. The van der Waals surface area contributed by atoms with Gasteiger partial charge in [-0.15, -0.1) is 0 Å². The molecule has 2 N–H and O–H groups in total. The molecule has 2 saturated heterocycles. The van der Waals surface area contributed by atoms with Crippen LogP contribution in [0.15, 0.2) is 20.7 Å². The lowest BCUT2D eigenvalue weighted by Crippen LogP contribution is -2.36. The van der Waals surface area contributed by atoms with E-state index in [1.54, 1.807) is 6.08 Å². The van der Waals surface area contributed by atoms with E-state index in [9.17, 15) is 4.79 Å². The Hall–Kier alpha value is -1.38. The molecule has 8 heteroatoms. The SMILES string of the molecule is O=C1NC(=S)N/C1=C/c1cc(Br)c(N2CCOCC2)o1. The number of ether oxygens (including phenoxy) is 1. The second kappa shape index (κ2) is 5.55. The van der Waals surface area contributed by atoms with Gasteiger partial charge < -0.3 is 19.4 Å². The van der Waals surface area contributed by atoms with Gasteiger partial charge >= 0.3 is 0 Å². The fraction of sp³-hybridized carbons (Fsp3) is 0.333. The molecule has 0 radical (unpaired) electrons. The lowest BCUT2D eigenvalue weighted by Gasteiger charge is -2.26. The summed E-state index contributed by atoms with van der Waals surface area (Å²) < 4.78 is 12.0. The summed E-state index contributed by atoms with van der Waals surface area (Å²) in [5.41, 5.74) is 0.379. The molecule has 2 aliphatic heterocycles. The van der Waals surface area contributed by atoms with Gasteiger partial charge in [0.15, 0.2) is 5.11 Å². The number of hydrogen-bond donors (Lipinski definition) is 2. The van der Waals surface area contributed by atoms with Crippen molar-refractivity contribution in [2.75, 3.05) is 31.2 Å². The molecular weight excluding hydrogens is 346 g/mol. The maximum absolute atomic E-state index is 11.6. The first-order valence-electron chi connectivity index (χ1n) is 6.09. The predicted molar refractivity (Wildman–Crippen MR) is 81.3 cm³/mol. The van der Waals surface area contributed by atoms with Crippen LogP contribution in [0, 0.1) is 0 Å². The summed E-state index contributed by atoms with van der Waals surface area (Å²) in [5, 5.41) is 5.59. The second-order valence-corrected chi connectivity index (χ2v) is 5.63. The molecular formula is C12H12BrN3O3S. The van der Waals surface area contributed by atoms with E-state index in [1.165, 1.54) is 0 Å². The summed E-state index contributed by atoms with van der Waals surface area (Å²) in [6.07, 6.45) is 1.63. The van der Waals surface area contributed by atoms with E-state index in [0.29, 0.717) is 29.8 Å². The number of halogens is 1. The van der Waals surface area contributed by atoms with Gasteiger partial charge in [-0.2, -0.15) is 0 Å². The smallest absolute Gasteiger partial charge is 0.274 e. The van der Waals surface area contributed by atoms with Crippen LogP contribution in [0.3, 0.4) is 0 Å². The zero-order valence-corrected chi connectivity index (χ0v) is 12.8. The minimum Gasteiger partial charge on any atom is -0.440 e. The highest BCUT2D eigenvalue weighted by Crippen LogP contribution is 2.31. The summed E-state index contributed by atoms with van der Waals surface area (Å²) in [7, 11) is 0. The van der Waals surface area contributed by atoms with Crippen molar-refractivity contribution in [2.45, 2.75) is 0 Å². The number of amides is 1. The van der Waals surface area contributed by atoms with Gasteiger partial charge in [-0.1, -0.05) is 0 Å². The topological polar surface area (TPSA) is 66.7 Å². The molecule has 106 valence electrons. The number of nitrogens with zero attached hydrogens (tertiary/aromatic N) is 1. The molecule has 0 spiro atoms. The fourth-order valence-corrected chi connectivity index (χ4v) is 2.81. The summed E-state index contributed by atoms with van der Waals surface area (Å²) in [6.45, 7) is 2.93. The molecule has 0 aliphatic carbocycles. The minimum atomic E-state index is -0.254. The van der Waals surface area contributed by atoms with Gasteiger partial charge in [0, 0.05) is 25.2 Å². The van der Waals surface area contributed by atoms with Crippen LogP contribution in [-0.2, 0) is 9.53 Å². The first kappa shape index (κ1) is 13.6. The van der Waals surface area contributed by atoms with Crippen molar-refractivity contribution in [1.82, 2.24) is 10.6 Å². The fourth-order valence-electron chi connectivity index (χ4n) is 2.05. The molecule has 20 heavy (non-hydrogen) atoms. The quantitative estimate of drug-likeness (QED) is 0.612. The van der Waals surface area contributed by atoms with E-state index in [1.807, 2.05) is 6.07 Å². The largest absolute Gasteiger partial charge is 0.440 e. The number of carbonyl (C=O) groups is 1. The van der Waals surface area contributed by atoms with Crippen LogP contribution in [0.2, 0.25) is 0 Å². The van der Waals surface area contributed by atoms with Crippen LogP contribution in [-0.4, -0.2) is 37.3 Å². The van der Waals surface area contributed by atoms with Gasteiger partial charge in [-0.25, -0.2) is 0 Å². The van der Waals surface area contributed by atoms with Crippen molar-refractivity contribution in [2.24, 2.45) is 0 Å². The molecule has 3 heterocycles. The average molecular weight is 358 g/mol. The molecule has 2 fully saturated rings. The maximum Gasteiger partial charge on any atom is 0.274 e. The van der Waals surface area contributed by atoms with Gasteiger partial charge in [0.2, 0.25) is 5.88 Å². The zero-order chi connectivity index (χ0) is 14.1. The molecule has 0 saturated carbocycles. The molecule has 1 amide bonds. The Bertz CT molecular complexity index is 593. The van der Waals surface area contributed by atoms with Crippen molar-refractivity contribution >= 4 is 51.1 Å². The van der Waals surface area contributed by atoms with E-state index in [-0.39, 0.29) is 5.91 Å². The van der Waals surface area contributed by atoms with E-state index in [2.05, 4.69) is 31.5 Å². The summed E-state index contributed by atoms with van der Waals surface area (Å²) >= 11 is 8.35.